The molecular formula is C15H17BrN4O3S. The maximum atomic E-state index is 12.4. The minimum atomic E-state index is -0.853. The number of benzene rings is 1. The monoisotopic (exact) mass is 412 g/mol. The van der Waals surface area contributed by atoms with Crippen LogP contribution in [0.4, 0.5) is 0 Å². The quantitative estimate of drug-likeness (QED) is 0.706. The van der Waals surface area contributed by atoms with Gasteiger partial charge in [0.1, 0.15) is 6.04 Å². The number of hydrogen-bond acceptors (Lipinski definition) is 4. The molecule has 7 nitrogen and oxygen atoms in total. The highest BCUT2D eigenvalue weighted by Crippen LogP contribution is 2.18. The van der Waals surface area contributed by atoms with E-state index in [2.05, 4.69) is 26.7 Å². The first kappa shape index (κ1) is 18.3. The number of rotatable bonds is 5. The van der Waals surface area contributed by atoms with Gasteiger partial charge < -0.3 is 5.32 Å². The molecule has 0 radical (unpaired) electrons. The zero-order chi connectivity index (χ0) is 17.9. The highest BCUT2D eigenvalue weighted by molar-refractivity contribution is 9.10. The van der Waals surface area contributed by atoms with E-state index < -0.39 is 11.9 Å². The Balaban J connectivity index is 2.16. The Morgan fingerprint density at radius 1 is 1.29 bits per heavy atom. The molecule has 128 valence electrons. The summed E-state index contributed by atoms with van der Waals surface area (Å²) >= 11 is 8.50. The standard InChI is InChI=1S/C15H17BrN4O3S/c1-3-17-12(21)8-11-14(23)19(2)15(24)20(11)18-13(22)9-4-6-10(16)7-5-9/h4-7,11H,3,8H2,1-2H3,(H,17,21)(H,18,22). The van der Waals surface area contributed by atoms with Gasteiger partial charge in [0.05, 0.1) is 6.42 Å². The smallest absolute Gasteiger partial charge is 0.269 e. The number of hydrogen-bond donors (Lipinski definition) is 2. The molecule has 0 aliphatic carbocycles. The molecular weight excluding hydrogens is 396 g/mol. The molecule has 0 spiro atoms. The maximum Gasteiger partial charge on any atom is 0.269 e. The van der Waals surface area contributed by atoms with Gasteiger partial charge in [-0.05, 0) is 43.4 Å². The van der Waals surface area contributed by atoms with Gasteiger partial charge in [0.25, 0.3) is 11.8 Å². The van der Waals surface area contributed by atoms with E-state index in [1.165, 1.54) is 17.0 Å². The van der Waals surface area contributed by atoms with Crippen molar-refractivity contribution >= 4 is 51.0 Å². The molecule has 1 aromatic rings. The van der Waals surface area contributed by atoms with Gasteiger partial charge in [0.15, 0.2) is 5.11 Å². The van der Waals surface area contributed by atoms with Crippen LogP contribution in [-0.2, 0) is 9.59 Å². The van der Waals surface area contributed by atoms with Crippen LogP contribution in [0.1, 0.15) is 23.7 Å². The summed E-state index contributed by atoms with van der Waals surface area (Å²) in [7, 11) is 1.52. The highest BCUT2D eigenvalue weighted by Gasteiger charge is 2.42. The first-order valence-corrected chi connectivity index (χ1v) is 8.49. The summed E-state index contributed by atoms with van der Waals surface area (Å²) < 4.78 is 0.847. The maximum absolute atomic E-state index is 12.4. The van der Waals surface area contributed by atoms with Gasteiger partial charge in [0.2, 0.25) is 5.91 Å². The second-order valence-corrected chi connectivity index (χ2v) is 6.45. The summed E-state index contributed by atoms with van der Waals surface area (Å²) in [6.45, 7) is 2.25. The van der Waals surface area contributed by atoms with Crippen LogP contribution in [0.2, 0.25) is 0 Å². The number of nitrogens with one attached hydrogen (secondary N) is 2. The van der Waals surface area contributed by atoms with Gasteiger partial charge in [-0.1, -0.05) is 15.9 Å². The fourth-order valence-corrected chi connectivity index (χ4v) is 2.77. The fourth-order valence-electron chi connectivity index (χ4n) is 2.25. The average Bonchev–Trinajstić information content (AvgIpc) is 2.74. The Labute approximate surface area is 153 Å². The number of carbonyl (C=O) groups excluding carboxylic acids is 3. The van der Waals surface area contributed by atoms with Gasteiger partial charge in [0, 0.05) is 23.6 Å². The van der Waals surface area contributed by atoms with Crippen molar-refractivity contribution in [1.29, 1.82) is 0 Å². The number of carbonyl (C=O) groups is 3. The molecule has 1 fully saturated rings. The predicted octanol–water partition coefficient (Wildman–Crippen LogP) is 1.05. The van der Waals surface area contributed by atoms with Crippen LogP contribution in [0.3, 0.4) is 0 Å². The third-order valence-corrected chi connectivity index (χ3v) is 4.50. The van der Waals surface area contributed by atoms with Crippen LogP contribution in [0.15, 0.2) is 28.7 Å². The third-order valence-electron chi connectivity index (χ3n) is 3.50. The molecule has 2 rings (SSSR count). The summed E-state index contributed by atoms with van der Waals surface area (Å²) in [6.07, 6.45) is -0.0855. The Morgan fingerprint density at radius 2 is 1.92 bits per heavy atom. The number of hydrazine groups is 1. The minimum Gasteiger partial charge on any atom is -0.356 e. The molecule has 24 heavy (non-hydrogen) atoms. The molecule has 0 bridgehead atoms. The Bertz CT molecular complexity index is 680. The van der Waals surface area contributed by atoms with Crippen LogP contribution in [0, 0.1) is 0 Å². The molecule has 1 aromatic carbocycles. The molecule has 0 saturated carbocycles. The van der Waals surface area contributed by atoms with Gasteiger partial charge in [-0.2, -0.15) is 0 Å². The largest absolute Gasteiger partial charge is 0.356 e. The Morgan fingerprint density at radius 3 is 2.50 bits per heavy atom. The van der Waals surface area contributed by atoms with Crippen LogP contribution in [0.5, 0.6) is 0 Å². The summed E-state index contributed by atoms with van der Waals surface area (Å²) in [5.41, 5.74) is 3.03. The summed E-state index contributed by atoms with van der Waals surface area (Å²) in [5, 5.41) is 4.06. The number of thiocarbonyl (C=S) groups is 1. The average molecular weight is 413 g/mol. The van der Waals surface area contributed by atoms with Crippen molar-refractivity contribution in [3.05, 3.63) is 34.3 Å². The predicted molar refractivity (Wildman–Crippen MR) is 95.9 cm³/mol. The number of amides is 3. The molecule has 1 aliphatic heterocycles. The van der Waals surface area contributed by atoms with E-state index in [-0.39, 0.29) is 23.3 Å². The van der Waals surface area contributed by atoms with Crippen LogP contribution in [0.25, 0.3) is 0 Å². The van der Waals surface area contributed by atoms with Gasteiger partial charge >= 0.3 is 0 Å². The zero-order valence-corrected chi connectivity index (χ0v) is 15.6. The van der Waals surface area contributed by atoms with Crippen molar-refractivity contribution < 1.29 is 14.4 Å². The second kappa shape index (κ2) is 7.71. The van der Waals surface area contributed by atoms with Crippen LogP contribution < -0.4 is 10.7 Å². The number of nitrogens with zero attached hydrogens (tertiary/aromatic N) is 2. The lowest BCUT2D eigenvalue weighted by Crippen LogP contribution is -2.50. The molecule has 1 unspecified atom stereocenters. The van der Waals surface area contributed by atoms with Gasteiger partial charge in [-0.25, -0.2) is 5.01 Å². The van der Waals surface area contributed by atoms with Crippen molar-refractivity contribution in [2.24, 2.45) is 0 Å². The SMILES string of the molecule is CCNC(=O)CC1C(=O)N(C)C(=S)N1NC(=O)c1ccc(Br)cc1. The van der Waals surface area contributed by atoms with Crippen molar-refractivity contribution in [3.8, 4) is 0 Å². The lowest BCUT2D eigenvalue weighted by atomic mass is 10.2. The van der Waals surface area contributed by atoms with Crippen molar-refractivity contribution in [3.63, 3.8) is 0 Å². The molecule has 2 N–H and O–H groups in total. The van der Waals surface area contributed by atoms with Gasteiger partial charge in [-0.3, -0.25) is 24.7 Å². The molecule has 0 aromatic heterocycles. The summed E-state index contributed by atoms with van der Waals surface area (Å²) in [6, 6.07) is 5.90. The topological polar surface area (TPSA) is 81.8 Å². The van der Waals surface area contributed by atoms with Crippen LogP contribution in [-0.4, -0.2) is 52.4 Å². The second-order valence-electron chi connectivity index (χ2n) is 5.17. The summed E-state index contributed by atoms with van der Waals surface area (Å²) in [5.74, 6) is -1.02. The van der Waals surface area contributed by atoms with E-state index in [0.29, 0.717) is 12.1 Å². The van der Waals surface area contributed by atoms with E-state index in [1.54, 1.807) is 31.2 Å². The third kappa shape index (κ3) is 3.90. The van der Waals surface area contributed by atoms with E-state index in [1.807, 2.05) is 0 Å². The number of likely N-dealkylation sites (N-methyl/N-ethyl adjacent to an activating group) is 1. The Hall–Kier alpha value is -2.00. The van der Waals surface area contributed by atoms with E-state index in [4.69, 9.17) is 12.2 Å². The molecule has 1 aliphatic rings. The molecule has 9 heteroatoms. The normalized spacial score (nSPS) is 17.2. The fraction of sp³-hybridized carbons (Fsp3) is 0.333. The molecule has 1 atom stereocenters. The molecule has 3 amide bonds. The lowest BCUT2D eigenvalue weighted by molar-refractivity contribution is -0.131. The lowest BCUT2D eigenvalue weighted by Gasteiger charge is -2.24. The van der Waals surface area contributed by atoms with Crippen molar-refractivity contribution in [1.82, 2.24) is 20.7 Å². The van der Waals surface area contributed by atoms with Crippen LogP contribution >= 0.6 is 28.1 Å². The van der Waals surface area contributed by atoms with E-state index in [9.17, 15) is 14.4 Å². The summed E-state index contributed by atoms with van der Waals surface area (Å²) in [4.78, 5) is 37.7. The first-order valence-electron chi connectivity index (χ1n) is 7.29. The van der Waals surface area contributed by atoms with Gasteiger partial charge in [-0.15, -0.1) is 0 Å². The Kier molecular flexibility index (Phi) is 5.89. The molecule has 1 heterocycles. The van der Waals surface area contributed by atoms with E-state index in [0.717, 1.165) is 4.47 Å². The molecule has 1 saturated heterocycles. The van der Waals surface area contributed by atoms with E-state index >= 15 is 0 Å². The first-order chi connectivity index (χ1) is 11.3. The highest BCUT2D eigenvalue weighted by atomic mass is 79.9. The van der Waals surface area contributed by atoms with Crippen molar-refractivity contribution in [2.45, 2.75) is 19.4 Å². The number of halogens is 1. The van der Waals surface area contributed by atoms with Crippen molar-refractivity contribution in [2.75, 3.05) is 13.6 Å². The minimum absolute atomic E-state index is 0.0855. The zero-order valence-electron chi connectivity index (χ0n) is 13.2.